The van der Waals surface area contributed by atoms with Crippen LogP contribution in [0.4, 0.5) is 0 Å². The van der Waals surface area contributed by atoms with E-state index in [1.807, 2.05) is 41.5 Å². The number of carbonyl (C=O) groups excluding carboxylic acids is 6. The fourth-order valence-electron chi connectivity index (χ4n) is 4.76. The molecule has 0 bridgehead atoms. The molecule has 0 saturated carbocycles. The molecule has 2 fully saturated rings. The molecule has 12 nitrogen and oxygen atoms in total. The first kappa shape index (κ1) is 35.0. The van der Waals surface area contributed by atoms with Gasteiger partial charge in [-0.3, -0.25) is 19.2 Å². The molecule has 2 rings (SSSR count). The maximum absolute atomic E-state index is 12.8. The monoisotopic (exact) mass is 594 g/mol. The van der Waals surface area contributed by atoms with Gasteiger partial charge in [0.25, 0.3) is 11.8 Å². The van der Waals surface area contributed by atoms with Gasteiger partial charge >= 0.3 is 11.9 Å². The Bertz CT molecular complexity index is 907. The van der Waals surface area contributed by atoms with Gasteiger partial charge in [0.15, 0.2) is 13.2 Å². The number of carbonyl (C=O) groups is 6. The fourth-order valence-corrected chi connectivity index (χ4v) is 4.76. The van der Waals surface area contributed by atoms with Gasteiger partial charge < -0.3 is 29.9 Å². The third-order valence-corrected chi connectivity index (χ3v) is 7.04. The highest BCUT2D eigenvalue weighted by molar-refractivity contribution is 5.88. The summed E-state index contributed by atoms with van der Waals surface area (Å²) in [5, 5.41) is 5.45. The number of rotatable bonds is 13. The minimum absolute atomic E-state index is 0.0912. The van der Waals surface area contributed by atoms with Crippen molar-refractivity contribution in [2.24, 2.45) is 10.8 Å². The minimum Gasteiger partial charge on any atom is -0.454 e. The Balaban J connectivity index is 1.71. The van der Waals surface area contributed by atoms with Crippen LogP contribution in [0, 0.1) is 10.8 Å². The van der Waals surface area contributed by atoms with Crippen molar-refractivity contribution in [2.75, 3.05) is 39.4 Å². The van der Waals surface area contributed by atoms with Crippen molar-refractivity contribution in [3.05, 3.63) is 0 Å². The maximum Gasteiger partial charge on any atom is 0.329 e. The van der Waals surface area contributed by atoms with Crippen LogP contribution in [-0.2, 0) is 38.2 Å². The van der Waals surface area contributed by atoms with E-state index >= 15 is 0 Å². The average molecular weight is 595 g/mol. The van der Waals surface area contributed by atoms with Crippen molar-refractivity contribution < 1.29 is 38.2 Å². The highest BCUT2D eigenvalue weighted by atomic mass is 16.5. The molecular weight excluding hydrogens is 544 g/mol. The van der Waals surface area contributed by atoms with Gasteiger partial charge in [0.05, 0.1) is 0 Å². The number of nitrogens with one attached hydrogen (secondary N) is 2. The summed E-state index contributed by atoms with van der Waals surface area (Å²) in [6, 6.07) is -1.41. The molecule has 12 heteroatoms. The standard InChI is InChI=1S/C30H50N4O8/c1-29(2,3)19-31-23(35)17-41-27(39)21-11-9-15-33(21)25(37)13-7-8-14-26(38)34-16-10-12-22(34)28(40)42-18-24(36)32-20-30(4,5)6/h21-22H,7-20H2,1-6H3,(H,31,35)(H,32,36)/t21-,22-/m1/s1. The normalized spacial score (nSPS) is 18.9. The molecule has 0 aromatic heterocycles. The van der Waals surface area contributed by atoms with Crippen LogP contribution in [0.3, 0.4) is 0 Å². The third kappa shape index (κ3) is 12.4. The number of nitrogens with zero attached hydrogens (tertiary/aromatic N) is 2. The maximum atomic E-state index is 12.8. The lowest BCUT2D eigenvalue weighted by atomic mass is 9.97. The first-order valence-electron chi connectivity index (χ1n) is 15.0. The first-order chi connectivity index (χ1) is 19.6. The van der Waals surface area contributed by atoms with Crippen molar-refractivity contribution in [1.82, 2.24) is 20.4 Å². The lowest BCUT2D eigenvalue weighted by molar-refractivity contribution is -0.156. The first-order valence-corrected chi connectivity index (χ1v) is 15.0. The topological polar surface area (TPSA) is 151 Å². The molecule has 42 heavy (non-hydrogen) atoms. The second-order valence-electron chi connectivity index (χ2n) is 13.6. The molecule has 2 atom stereocenters. The zero-order valence-electron chi connectivity index (χ0n) is 26.2. The van der Waals surface area contributed by atoms with Crippen LogP contribution in [0.1, 0.15) is 92.9 Å². The number of ether oxygens (including phenoxy) is 2. The number of amides is 4. The molecule has 0 spiro atoms. The Morgan fingerprint density at radius 3 is 1.33 bits per heavy atom. The van der Waals surface area contributed by atoms with Crippen LogP contribution in [0.15, 0.2) is 0 Å². The largest absolute Gasteiger partial charge is 0.454 e. The Kier molecular flexibility index (Phi) is 13.2. The second-order valence-corrected chi connectivity index (χ2v) is 13.6. The van der Waals surface area contributed by atoms with E-state index < -0.39 is 24.0 Å². The molecule has 2 N–H and O–H groups in total. The van der Waals surface area contributed by atoms with Crippen molar-refractivity contribution in [3.8, 4) is 0 Å². The molecule has 238 valence electrons. The highest BCUT2D eigenvalue weighted by Gasteiger charge is 2.36. The number of hydrogen-bond donors (Lipinski definition) is 2. The van der Waals surface area contributed by atoms with Crippen molar-refractivity contribution in [2.45, 2.75) is 105 Å². The SMILES string of the molecule is CC(C)(C)CNC(=O)COC(=O)[C@H]1CCCN1C(=O)CCCCC(=O)N1CCC[C@@H]1C(=O)OCC(=O)NCC(C)(C)C. The molecule has 2 heterocycles. The summed E-state index contributed by atoms with van der Waals surface area (Å²) in [5.74, 6) is -2.30. The smallest absolute Gasteiger partial charge is 0.329 e. The van der Waals surface area contributed by atoms with Gasteiger partial charge in [0, 0.05) is 39.0 Å². The van der Waals surface area contributed by atoms with Gasteiger partial charge in [0.2, 0.25) is 11.8 Å². The lowest BCUT2D eigenvalue weighted by Gasteiger charge is -2.24. The Labute approximate surface area is 249 Å². The van der Waals surface area contributed by atoms with E-state index in [0.717, 1.165) is 0 Å². The van der Waals surface area contributed by atoms with E-state index in [1.54, 1.807) is 0 Å². The zero-order chi connectivity index (χ0) is 31.5. The molecule has 4 amide bonds. The van der Waals surface area contributed by atoms with E-state index in [1.165, 1.54) is 9.80 Å². The average Bonchev–Trinajstić information content (AvgIpc) is 3.60. The molecule has 0 unspecified atom stereocenters. The van der Waals surface area contributed by atoms with E-state index in [0.29, 0.717) is 64.7 Å². The minimum atomic E-state index is -0.707. The summed E-state index contributed by atoms with van der Waals surface area (Å²) in [4.78, 5) is 77.8. The fraction of sp³-hybridized carbons (Fsp3) is 0.800. The van der Waals surface area contributed by atoms with E-state index in [4.69, 9.17) is 9.47 Å². The lowest BCUT2D eigenvalue weighted by Crippen LogP contribution is -2.43. The summed E-state index contributed by atoms with van der Waals surface area (Å²) in [7, 11) is 0. The van der Waals surface area contributed by atoms with Crippen LogP contribution in [0.5, 0.6) is 0 Å². The molecule has 0 radical (unpaired) electrons. The quantitative estimate of drug-likeness (QED) is 0.243. The Morgan fingerprint density at radius 1 is 0.643 bits per heavy atom. The molecule has 2 aliphatic rings. The van der Waals surface area contributed by atoms with Gasteiger partial charge in [-0.15, -0.1) is 0 Å². The van der Waals surface area contributed by atoms with Gasteiger partial charge in [-0.25, -0.2) is 9.59 Å². The van der Waals surface area contributed by atoms with E-state index in [2.05, 4.69) is 10.6 Å². The van der Waals surface area contributed by atoms with Gasteiger partial charge in [-0.05, 0) is 49.4 Å². The molecular formula is C30H50N4O8. The number of likely N-dealkylation sites (tertiary alicyclic amines) is 2. The van der Waals surface area contributed by atoms with Crippen molar-refractivity contribution in [1.29, 1.82) is 0 Å². The number of hydrogen-bond acceptors (Lipinski definition) is 8. The third-order valence-electron chi connectivity index (χ3n) is 7.04. The molecule has 2 aliphatic heterocycles. The van der Waals surface area contributed by atoms with Crippen LogP contribution in [-0.4, -0.2) is 96.8 Å². The van der Waals surface area contributed by atoms with Gasteiger partial charge in [0.1, 0.15) is 12.1 Å². The van der Waals surface area contributed by atoms with Crippen LogP contribution < -0.4 is 10.6 Å². The Morgan fingerprint density at radius 2 is 1.00 bits per heavy atom. The summed E-state index contributed by atoms with van der Waals surface area (Å²) in [5.41, 5.74) is -0.182. The number of esters is 2. The molecule has 0 aromatic carbocycles. The second kappa shape index (κ2) is 15.9. The zero-order valence-corrected chi connectivity index (χ0v) is 26.2. The van der Waals surface area contributed by atoms with Crippen molar-refractivity contribution in [3.63, 3.8) is 0 Å². The predicted molar refractivity (Wildman–Crippen MR) is 155 cm³/mol. The van der Waals surface area contributed by atoms with E-state index in [9.17, 15) is 28.8 Å². The predicted octanol–water partition coefficient (Wildman–Crippen LogP) is 1.94. The Hall–Kier alpha value is -3.18. The van der Waals surface area contributed by atoms with E-state index in [-0.39, 0.29) is 60.5 Å². The summed E-state index contributed by atoms with van der Waals surface area (Å²) in [6.45, 7) is 12.9. The molecule has 0 aliphatic carbocycles. The van der Waals surface area contributed by atoms with Crippen LogP contribution >= 0.6 is 0 Å². The highest BCUT2D eigenvalue weighted by Crippen LogP contribution is 2.22. The summed E-state index contributed by atoms with van der Waals surface area (Å²) in [6.07, 6.45) is 3.57. The summed E-state index contributed by atoms with van der Waals surface area (Å²) >= 11 is 0. The van der Waals surface area contributed by atoms with Gasteiger partial charge in [-0.1, -0.05) is 41.5 Å². The summed E-state index contributed by atoms with van der Waals surface area (Å²) < 4.78 is 10.4. The molecule has 0 aromatic rings. The molecule has 2 saturated heterocycles. The van der Waals surface area contributed by atoms with Crippen molar-refractivity contribution >= 4 is 35.6 Å². The number of unbranched alkanes of at least 4 members (excludes halogenated alkanes) is 1. The van der Waals surface area contributed by atoms with Crippen LogP contribution in [0.25, 0.3) is 0 Å². The van der Waals surface area contributed by atoms with Gasteiger partial charge in [-0.2, -0.15) is 0 Å². The van der Waals surface area contributed by atoms with Crippen LogP contribution in [0.2, 0.25) is 0 Å².